The quantitative estimate of drug-likeness (QED) is 0.468. The van der Waals surface area contributed by atoms with E-state index in [1.54, 1.807) is 7.11 Å². The molecule has 92 valence electrons. The first-order valence-electron chi connectivity index (χ1n) is 6.18. The Hall–Kier alpha value is -0.380. The smallest absolute Gasteiger partial charge is 0.0701 e. The molecule has 2 rings (SSSR count). The van der Waals surface area contributed by atoms with Crippen LogP contribution in [0.1, 0.15) is 19.3 Å². The standard InChI is InChI=1S/C13H22O3/c1-14-6-7-15-8-9-16-11-13-4-2-12(10-13)3-5-13/h2,4,12H,3,5-11H2,1H3. The maximum absolute atomic E-state index is 5.70. The van der Waals surface area contributed by atoms with E-state index in [0.29, 0.717) is 31.8 Å². The molecule has 0 spiro atoms. The molecule has 0 radical (unpaired) electrons. The molecular formula is C13H22O3. The van der Waals surface area contributed by atoms with Crippen molar-refractivity contribution < 1.29 is 14.2 Å². The molecule has 0 amide bonds. The van der Waals surface area contributed by atoms with Crippen LogP contribution in [0.2, 0.25) is 0 Å². The predicted molar refractivity (Wildman–Crippen MR) is 62.4 cm³/mol. The van der Waals surface area contributed by atoms with Crippen molar-refractivity contribution in [1.82, 2.24) is 0 Å². The number of hydrogen-bond acceptors (Lipinski definition) is 3. The van der Waals surface area contributed by atoms with E-state index in [0.717, 1.165) is 12.5 Å². The first kappa shape index (κ1) is 12.1. The van der Waals surface area contributed by atoms with Crippen LogP contribution in [0.3, 0.4) is 0 Å². The van der Waals surface area contributed by atoms with Crippen LogP contribution in [0.4, 0.5) is 0 Å². The molecule has 2 atom stereocenters. The summed E-state index contributed by atoms with van der Waals surface area (Å²) in [5.74, 6) is 0.835. The first-order chi connectivity index (χ1) is 7.85. The van der Waals surface area contributed by atoms with Crippen LogP contribution in [-0.4, -0.2) is 40.1 Å². The lowest BCUT2D eigenvalue weighted by molar-refractivity contribution is 0.00617. The zero-order valence-electron chi connectivity index (χ0n) is 10.1. The lowest BCUT2D eigenvalue weighted by Gasteiger charge is -2.23. The second-order valence-corrected chi connectivity index (χ2v) is 4.88. The molecular weight excluding hydrogens is 204 g/mol. The zero-order chi connectivity index (χ0) is 11.3. The van der Waals surface area contributed by atoms with Crippen molar-refractivity contribution in [2.75, 3.05) is 40.1 Å². The van der Waals surface area contributed by atoms with Gasteiger partial charge in [-0.05, 0) is 25.2 Å². The van der Waals surface area contributed by atoms with E-state index in [9.17, 15) is 0 Å². The fourth-order valence-corrected chi connectivity index (χ4v) is 2.67. The molecule has 1 saturated carbocycles. The minimum Gasteiger partial charge on any atom is -0.382 e. The van der Waals surface area contributed by atoms with E-state index >= 15 is 0 Å². The van der Waals surface area contributed by atoms with Gasteiger partial charge in [-0.15, -0.1) is 0 Å². The molecule has 0 aliphatic heterocycles. The van der Waals surface area contributed by atoms with E-state index in [-0.39, 0.29) is 0 Å². The molecule has 2 aliphatic carbocycles. The summed E-state index contributed by atoms with van der Waals surface area (Å²) >= 11 is 0. The van der Waals surface area contributed by atoms with Crippen molar-refractivity contribution in [3.8, 4) is 0 Å². The van der Waals surface area contributed by atoms with Gasteiger partial charge in [0.1, 0.15) is 0 Å². The number of methoxy groups -OCH3 is 1. The molecule has 2 bridgehead atoms. The number of allylic oxidation sites excluding steroid dienone is 1. The zero-order valence-corrected chi connectivity index (χ0v) is 10.1. The molecule has 0 saturated heterocycles. The molecule has 16 heavy (non-hydrogen) atoms. The summed E-state index contributed by atoms with van der Waals surface area (Å²) in [6.45, 7) is 3.56. The Labute approximate surface area is 97.8 Å². The second-order valence-electron chi connectivity index (χ2n) is 4.88. The Morgan fingerprint density at radius 2 is 2.00 bits per heavy atom. The second kappa shape index (κ2) is 5.80. The summed E-state index contributed by atoms with van der Waals surface area (Å²) in [6, 6.07) is 0. The maximum Gasteiger partial charge on any atom is 0.0701 e. The minimum absolute atomic E-state index is 0.372. The van der Waals surface area contributed by atoms with Gasteiger partial charge in [0.05, 0.1) is 33.0 Å². The Morgan fingerprint density at radius 3 is 2.62 bits per heavy atom. The van der Waals surface area contributed by atoms with Gasteiger partial charge >= 0.3 is 0 Å². The van der Waals surface area contributed by atoms with Crippen LogP contribution < -0.4 is 0 Å². The summed E-state index contributed by atoms with van der Waals surface area (Å²) in [7, 11) is 1.68. The highest BCUT2D eigenvalue weighted by Gasteiger charge is 2.40. The average molecular weight is 226 g/mol. The third-order valence-corrected chi connectivity index (χ3v) is 3.60. The van der Waals surface area contributed by atoms with Gasteiger partial charge < -0.3 is 14.2 Å². The Morgan fingerprint density at radius 1 is 1.19 bits per heavy atom. The van der Waals surface area contributed by atoms with Crippen LogP contribution >= 0.6 is 0 Å². The van der Waals surface area contributed by atoms with E-state index in [2.05, 4.69) is 12.2 Å². The fourth-order valence-electron chi connectivity index (χ4n) is 2.67. The van der Waals surface area contributed by atoms with Crippen molar-refractivity contribution in [3.05, 3.63) is 12.2 Å². The average Bonchev–Trinajstić information content (AvgIpc) is 2.88. The molecule has 0 aromatic heterocycles. The molecule has 0 heterocycles. The van der Waals surface area contributed by atoms with Gasteiger partial charge in [0, 0.05) is 12.5 Å². The van der Waals surface area contributed by atoms with Gasteiger partial charge in [-0.3, -0.25) is 0 Å². The van der Waals surface area contributed by atoms with Crippen molar-refractivity contribution >= 4 is 0 Å². The van der Waals surface area contributed by atoms with Crippen molar-refractivity contribution in [3.63, 3.8) is 0 Å². The van der Waals surface area contributed by atoms with Gasteiger partial charge in [-0.1, -0.05) is 12.2 Å². The van der Waals surface area contributed by atoms with E-state index in [4.69, 9.17) is 14.2 Å². The molecule has 1 fully saturated rings. The van der Waals surface area contributed by atoms with Crippen molar-refractivity contribution in [2.45, 2.75) is 19.3 Å². The monoisotopic (exact) mass is 226 g/mol. The number of fused-ring (bicyclic) bond motifs is 2. The summed E-state index contributed by atoms with van der Waals surface area (Å²) in [5.41, 5.74) is 0.372. The van der Waals surface area contributed by atoms with Gasteiger partial charge in [-0.2, -0.15) is 0 Å². The minimum atomic E-state index is 0.372. The lowest BCUT2D eigenvalue weighted by atomic mass is 9.89. The summed E-state index contributed by atoms with van der Waals surface area (Å²) in [6.07, 6.45) is 8.69. The Bertz CT molecular complexity index is 239. The van der Waals surface area contributed by atoms with E-state index in [1.807, 2.05) is 0 Å². The molecule has 2 unspecified atom stereocenters. The SMILES string of the molecule is COCCOCCOCC12C=CC(CC1)C2. The summed E-state index contributed by atoms with van der Waals surface area (Å²) < 4.78 is 15.9. The van der Waals surface area contributed by atoms with Gasteiger partial charge in [0.15, 0.2) is 0 Å². The molecule has 0 N–H and O–H groups in total. The van der Waals surface area contributed by atoms with Crippen LogP contribution in [-0.2, 0) is 14.2 Å². The van der Waals surface area contributed by atoms with Crippen LogP contribution in [0.15, 0.2) is 12.2 Å². The highest BCUT2D eigenvalue weighted by Crippen LogP contribution is 2.49. The van der Waals surface area contributed by atoms with Gasteiger partial charge in [-0.25, -0.2) is 0 Å². The normalized spacial score (nSPS) is 31.4. The van der Waals surface area contributed by atoms with Crippen molar-refractivity contribution in [1.29, 1.82) is 0 Å². The number of rotatable bonds is 8. The van der Waals surface area contributed by atoms with E-state index < -0.39 is 0 Å². The van der Waals surface area contributed by atoms with Gasteiger partial charge in [0.25, 0.3) is 0 Å². The number of ether oxygens (including phenoxy) is 3. The summed E-state index contributed by atoms with van der Waals surface area (Å²) in [4.78, 5) is 0. The summed E-state index contributed by atoms with van der Waals surface area (Å²) in [5, 5.41) is 0. The molecule has 2 aliphatic rings. The highest BCUT2D eigenvalue weighted by molar-refractivity contribution is 5.15. The van der Waals surface area contributed by atoms with Crippen LogP contribution in [0, 0.1) is 11.3 Å². The number of hydrogen-bond donors (Lipinski definition) is 0. The Kier molecular flexibility index (Phi) is 4.38. The van der Waals surface area contributed by atoms with E-state index in [1.165, 1.54) is 19.3 Å². The predicted octanol–water partition coefficient (Wildman–Crippen LogP) is 2.02. The molecule has 3 nitrogen and oxygen atoms in total. The largest absolute Gasteiger partial charge is 0.382 e. The van der Waals surface area contributed by atoms with Crippen LogP contribution in [0.25, 0.3) is 0 Å². The third-order valence-electron chi connectivity index (χ3n) is 3.60. The van der Waals surface area contributed by atoms with Crippen LogP contribution in [0.5, 0.6) is 0 Å². The van der Waals surface area contributed by atoms with Gasteiger partial charge in [0.2, 0.25) is 0 Å². The lowest BCUT2D eigenvalue weighted by Crippen LogP contribution is -2.21. The topological polar surface area (TPSA) is 27.7 Å². The molecule has 3 heteroatoms. The fraction of sp³-hybridized carbons (Fsp3) is 0.846. The molecule has 0 aromatic carbocycles. The first-order valence-corrected chi connectivity index (χ1v) is 6.18. The third kappa shape index (κ3) is 3.06. The highest BCUT2D eigenvalue weighted by atomic mass is 16.5. The Balaban J connectivity index is 1.50. The molecule has 0 aromatic rings. The maximum atomic E-state index is 5.70. The van der Waals surface area contributed by atoms with Crippen molar-refractivity contribution in [2.24, 2.45) is 11.3 Å².